The normalized spacial score (nSPS) is 32.8. The van der Waals surface area contributed by atoms with E-state index in [1.807, 2.05) is 0 Å². The first-order chi connectivity index (χ1) is 8.81. The zero-order valence-corrected chi connectivity index (χ0v) is 12.0. The number of nitrogens with one attached hydrogen (secondary N) is 1. The maximum Gasteiger partial charge on any atom is 0.0224 e. The van der Waals surface area contributed by atoms with Gasteiger partial charge in [-0.2, -0.15) is 0 Å². The van der Waals surface area contributed by atoms with Crippen molar-refractivity contribution < 1.29 is 0 Å². The van der Waals surface area contributed by atoms with E-state index in [9.17, 15) is 0 Å². The Hall–Kier alpha value is -0.120. The van der Waals surface area contributed by atoms with E-state index in [4.69, 9.17) is 0 Å². The fourth-order valence-electron chi connectivity index (χ4n) is 4.56. The molecule has 0 amide bonds. The van der Waals surface area contributed by atoms with Gasteiger partial charge in [-0.15, -0.1) is 0 Å². The molecule has 3 rings (SSSR count). The summed E-state index contributed by atoms with van der Waals surface area (Å²) in [6.07, 6.45) is 8.66. The standard InChI is InChI=1S/C15H29N3/c1-16-12-15(6-2-3-7-15)13-17-9-10-18-8-4-5-14(18)11-17/h14,16H,2-13H2,1H3. The fraction of sp³-hybridized carbons (Fsp3) is 1.00. The van der Waals surface area contributed by atoms with Crippen LogP contribution in [0.15, 0.2) is 0 Å². The molecule has 1 unspecified atom stereocenters. The third-order valence-corrected chi connectivity index (χ3v) is 5.45. The number of rotatable bonds is 4. The summed E-state index contributed by atoms with van der Waals surface area (Å²) in [6, 6.07) is 0.881. The molecular weight excluding hydrogens is 222 g/mol. The average Bonchev–Trinajstić information content (AvgIpc) is 2.98. The molecule has 1 aliphatic carbocycles. The maximum absolute atomic E-state index is 3.45. The highest BCUT2D eigenvalue weighted by molar-refractivity contribution is 4.93. The van der Waals surface area contributed by atoms with E-state index in [1.165, 1.54) is 77.8 Å². The van der Waals surface area contributed by atoms with Gasteiger partial charge < -0.3 is 5.32 Å². The van der Waals surface area contributed by atoms with Crippen LogP contribution in [0.3, 0.4) is 0 Å². The van der Waals surface area contributed by atoms with Crippen molar-refractivity contribution in [2.45, 2.75) is 44.6 Å². The Balaban J connectivity index is 1.58. The van der Waals surface area contributed by atoms with Gasteiger partial charge in [0.05, 0.1) is 0 Å². The minimum absolute atomic E-state index is 0.593. The van der Waals surface area contributed by atoms with Crippen molar-refractivity contribution in [3.05, 3.63) is 0 Å². The first-order valence-electron chi connectivity index (χ1n) is 7.92. The van der Waals surface area contributed by atoms with Gasteiger partial charge in [0.25, 0.3) is 0 Å². The Kier molecular flexibility index (Phi) is 3.92. The van der Waals surface area contributed by atoms with Gasteiger partial charge >= 0.3 is 0 Å². The van der Waals surface area contributed by atoms with Crippen LogP contribution >= 0.6 is 0 Å². The third kappa shape index (κ3) is 2.59. The second kappa shape index (κ2) is 5.48. The summed E-state index contributed by atoms with van der Waals surface area (Å²) in [6.45, 7) is 7.89. The maximum atomic E-state index is 3.45. The van der Waals surface area contributed by atoms with Crippen molar-refractivity contribution in [3.8, 4) is 0 Å². The van der Waals surface area contributed by atoms with Crippen LogP contribution in [0.1, 0.15) is 38.5 Å². The van der Waals surface area contributed by atoms with Crippen LogP contribution in [0.4, 0.5) is 0 Å². The largest absolute Gasteiger partial charge is 0.319 e. The predicted octanol–water partition coefficient (Wildman–Crippen LogP) is 1.55. The van der Waals surface area contributed by atoms with Gasteiger partial charge in [-0.25, -0.2) is 0 Å². The predicted molar refractivity (Wildman–Crippen MR) is 75.9 cm³/mol. The van der Waals surface area contributed by atoms with Crippen molar-refractivity contribution >= 4 is 0 Å². The van der Waals surface area contributed by atoms with Crippen molar-refractivity contribution in [3.63, 3.8) is 0 Å². The Morgan fingerprint density at radius 1 is 1.11 bits per heavy atom. The van der Waals surface area contributed by atoms with Crippen molar-refractivity contribution in [2.24, 2.45) is 5.41 Å². The zero-order chi connectivity index (χ0) is 12.4. The molecule has 3 nitrogen and oxygen atoms in total. The highest BCUT2D eigenvalue weighted by Gasteiger charge is 2.38. The van der Waals surface area contributed by atoms with E-state index in [0.717, 1.165) is 6.04 Å². The summed E-state index contributed by atoms with van der Waals surface area (Å²) in [7, 11) is 2.12. The highest BCUT2D eigenvalue weighted by Crippen LogP contribution is 2.39. The molecule has 3 fully saturated rings. The fourth-order valence-corrected chi connectivity index (χ4v) is 4.56. The van der Waals surface area contributed by atoms with E-state index in [0.29, 0.717) is 5.41 Å². The van der Waals surface area contributed by atoms with Crippen molar-refractivity contribution in [2.75, 3.05) is 46.3 Å². The SMILES string of the molecule is CNCC1(CN2CCN3CCCC3C2)CCCC1. The van der Waals surface area contributed by atoms with Gasteiger partial charge in [0.1, 0.15) is 0 Å². The second-order valence-corrected chi connectivity index (χ2v) is 6.80. The molecular formula is C15H29N3. The van der Waals surface area contributed by atoms with E-state index in [2.05, 4.69) is 22.2 Å². The van der Waals surface area contributed by atoms with Crippen molar-refractivity contribution in [1.82, 2.24) is 15.1 Å². The van der Waals surface area contributed by atoms with Gasteiger partial charge in [0, 0.05) is 38.8 Å². The highest BCUT2D eigenvalue weighted by atomic mass is 15.3. The molecule has 1 saturated carbocycles. The molecule has 1 atom stereocenters. The Labute approximate surface area is 112 Å². The Morgan fingerprint density at radius 2 is 1.94 bits per heavy atom. The lowest BCUT2D eigenvalue weighted by molar-refractivity contribution is 0.0657. The molecule has 2 saturated heterocycles. The molecule has 2 heterocycles. The van der Waals surface area contributed by atoms with E-state index < -0.39 is 0 Å². The first kappa shape index (κ1) is 12.9. The van der Waals surface area contributed by atoms with Gasteiger partial charge in [-0.05, 0) is 44.7 Å². The van der Waals surface area contributed by atoms with Crippen LogP contribution in [0.5, 0.6) is 0 Å². The van der Waals surface area contributed by atoms with Gasteiger partial charge in [0.15, 0.2) is 0 Å². The quantitative estimate of drug-likeness (QED) is 0.818. The number of piperazine rings is 1. The number of fused-ring (bicyclic) bond motifs is 1. The second-order valence-electron chi connectivity index (χ2n) is 6.80. The Bertz CT molecular complexity index is 273. The number of nitrogens with zero attached hydrogens (tertiary/aromatic N) is 2. The Morgan fingerprint density at radius 3 is 2.72 bits per heavy atom. The molecule has 2 aliphatic heterocycles. The van der Waals surface area contributed by atoms with Crippen LogP contribution in [0.25, 0.3) is 0 Å². The number of hydrogen-bond donors (Lipinski definition) is 1. The van der Waals surface area contributed by atoms with Crippen LogP contribution in [-0.4, -0.2) is 62.2 Å². The summed E-state index contributed by atoms with van der Waals surface area (Å²) < 4.78 is 0. The molecule has 3 aliphatic rings. The topological polar surface area (TPSA) is 18.5 Å². The number of hydrogen-bond acceptors (Lipinski definition) is 3. The van der Waals surface area contributed by atoms with Gasteiger partial charge in [-0.3, -0.25) is 9.80 Å². The lowest BCUT2D eigenvalue weighted by Crippen LogP contribution is -2.53. The van der Waals surface area contributed by atoms with E-state index in [-0.39, 0.29) is 0 Å². The summed E-state index contributed by atoms with van der Waals surface area (Å²) in [5.41, 5.74) is 0.593. The van der Waals surface area contributed by atoms with Crippen LogP contribution in [0, 0.1) is 5.41 Å². The molecule has 3 heteroatoms. The van der Waals surface area contributed by atoms with Crippen molar-refractivity contribution in [1.29, 1.82) is 0 Å². The summed E-state index contributed by atoms with van der Waals surface area (Å²) in [5, 5.41) is 3.45. The van der Waals surface area contributed by atoms with E-state index in [1.54, 1.807) is 0 Å². The lowest BCUT2D eigenvalue weighted by atomic mass is 9.85. The average molecular weight is 251 g/mol. The molecule has 18 heavy (non-hydrogen) atoms. The third-order valence-electron chi connectivity index (χ3n) is 5.45. The van der Waals surface area contributed by atoms with Crippen LogP contribution in [0.2, 0.25) is 0 Å². The van der Waals surface area contributed by atoms with Gasteiger partial charge in [0.2, 0.25) is 0 Å². The van der Waals surface area contributed by atoms with Crippen LogP contribution < -0.4 is 5.32 Å². The van der Waals surface area contributed by atoms with Gasteiger partial charge in [-0.1, -0.05) is 12.8 Å². The summed E-state index contributed by atoms with van der Waals surface area (Å²) in [5.74, 6) is 0. The zero-order valence-electron chi connectivity index (χ0n) is 12.0. The lowest BCUT2D eigenvalue weighted by Gasteiger charge is -2.42. The molecule has 0 aromatic heterocycles. The molecule has 0 bridgehead atoms. The monoisotopic (exact) mass is 251 g/mol. The first-order valence-corrected chi connectivity index (χ1v) is 7.92. The van der Waals surface area contributed by atoms with Crippen LogP contribution in [-0.2, 0) is 0 Å². The minimum Gasteiger partial charge on any atom is -0.319 e. The molecule has 0 aromatic rings. The minimum atomic E-state index is 0.593. The summed E-state index contributed by atoms with van der Waals surface area (Å²) in [4.78, 5) is 5.49. The smallest absolute Gasteiger partial charge is 0.0224 e. The summed E-state index contributed by atoms with van der Waals surface area (Å²) >= 11 is 0. The molecule has 1 N–H and O–H groups in total. The molecule has 0 radical (unpaired) electrons. The van der Waals surface area contributed by atoms with E-state index >= 15 is 0 Å². The molecule has 0 aromatic carbocycles. The molecule has 0 spiro atoms. The molecule has 104 valence electrons.